The largest absolute Gasteiger partial charge is 0.395 e. The number of nitrogens with one attached hydrogen (secondary N) is 1. The molecule has 1 saturated heterocycles. The van der Waals surface area contributed by atoms with Gasteiger partial charge >= 0.3 is 0 Å². The van der Waals surface area contributed by atoms with Crippen LogP contribution >= 0.6 is 0 Å². The second kappa shape index (κ2) is 7.05. The quantitative estimate of drug-likeness (QED) is 0.876. The van der Waals surface area contributed by atoms with Crippen molar-refractivity contribution in [2.45, 2.75) is 39.2 Å². The molecule has 1 heterocycles. The van der Waals surface area contributed by atoms with E-state index >= 15 is 0 Å². The topological polar surface area (TPSA) is 52.6 Å². The molecule has 0 radical (unpaired) electrons. The summed E-state index contributed by atoms with van der Waals surface area (Å²) in [6.07, 6.45) is 3.33. The fourth-order valence-electron chi connectivity index (χ4n) is 2.88. The molecule has 1 fully saturated rings. The minimum atomic E-state index is -0.486. The molecule has 1 atom stereocenters. The van der Waals surface area contributed by atoms with E-state index in [2.05, 4.69) is 10.2 Å². The van der Waals surface area contributed by atoms with Gasteiger partial charge in [0.1, 0.15) is 0 Å². The number of para-hydroxylation sites is 1. The van der Waals surface area contributed by atoms with E-state index in [0.29, 0.717) is 6.54 Å². The van der Waals surface area contributed by atoms with Gasteiger partial charge in [0, 0.05) is 18.3 Å². The molecule has 0 spiro atoms. The second-order valence-electron chi connectivity index (χ2n) is 6.51. The molecule has 0 bridgehead atoms. The Morgan fingerprint density at radius 2 is 2.05 bits per heavy atom. The predicted octanol–water partition coefficient (Wildman–Crippen LogP) is 2.50. The van der Waals surface area contributed by atoms with Crippen LogP contribution in [0.15, 0.2) is 30.3 Å². The molecule has 0 saturated carbocycles. The van der Waals surface area contributed by atoms with Gasteiger partial charge in [0.2, 0.25) is 5.91 Å². The predicted molar refractivity (Wildman–Crippen MR) is 85.2 cm³/mol. The van der Waals surface area contributed by atoms with E-state index < -0.39 is 5.41 Å². The van der Waals surface area contributed by atoms with Crippen molar-refractivity contribution in [3.63, 3.8) is 0 Å². The molecular weight excluding hydrogens is 264 g/mol. The molecule has 1 aromatic rings. The normalized spacial score (nSPS) is 20.2. The first-order valence-corrected chi connectivity index (χ1v) is 7.74. The summed E-state index contributed by atoms with van der Waals surface area (Å²) in [5, 5.41) is 12.5. The minimum absolute atomic E-state index is 0.0240. The smallest absolute Gasteiger partial charge is 0.231 e. The standard InChI is InChI=1S/C17H26N2O2/c1-17(2,13-19-11-7-6-10-15(19)12-20)16(21)18-14-8-4-3-5-9-14/h3-5,8-9,15,20H,6-7,10-13H2,1-2H3,(H,18,21). The number of benzene rings is 1. The maximum Gasteiger partial charge on any atom is 0.231 e. The lowest BCUT2D eigenvalue weighted by atomic mass is 9.89. The van der Waals surface area contributed by atoms with Gasteiger partial charge in [-0.05, 0) is 45.4 Å². The maximum absolute atomic E-state index is 12.5. The van der Waals surface area contributed by atoms with Gasteiger partial charge in [0.15, 0.2) is 0 Å². The Labute approximate surface area is 127 Å². The average Bonchev–Trinajstić information content (AvgIpc) is 2.48. The first kappa shape index (κ1) is 16.0. The molecule has 4 nitrogen and oxygen atoms in total. The Hall–Kier alpha value is -1.39. The van der Waals surface area contributed by atoms with E-state index in [9.17, 15) is 9.90 Å². The van der Waals surface area contributed by atoms with Crippen molar-refractivity contribution >= 4 is 11.6 Å². The maximum atomic E-state index is 12.5. The minimum Gasteiger partial charge on any atom is -0.395 e. The van der Waals surface area contributed by atoms with Gasteiger partial charge < -0.3 is 10.4 Å². The van der Waals surface area contributed by atoms with Crippen LogP contribution in [0.4, 0.5) is 5.69 Å². The van der Waals surface area contributed by atoms with E-state index in [4.69, 9.17) is 0 Å². The van der Waals surface area contributed by atoms with Gasteiger partial charge in [-0.15, -0.1) is 0 Å². The Kier molecular flexibility index (Phi) is 5.37. The number of anilines is 1. The third-order valence-electron chi connectivity index (χ3n) is 4.20. The van der Waals surface area contributed by atoms with Crippen molar-refractivity contribution in [1.82, 2.24) is 4.90 Å². The van der Waals surface area contributed by atoms with Gasteiger partial charge in [0.25, 0.3) is 0 Å². The number of carbonyl (C=O) groups excluding carboxylic acids is 1. The Morgan fingerprint density at radius 3 is 2.71 bits per heavy atom. The van der Waals surface area contributed by atoms with Crippen molar-refractivity contribution in [2.75, 3.05) is 25.0 Å². The third-order valence-corrected chi connectivity index (χ3v) is 4.20. The molecule has 4 heteroatoms. The summed E-state index contributed by atoms with van der Waals surface area (Å²) < 4.78 is 0. The van der Waals surface area contributed by atoms with Crippen LogP contribution in [0.5, 0.6) is 0 Å². The second-order valence-corrected chi connectivity index (χ2v) is 6.51. The fraction of sp³-hybridized carbons (Fsp3) is 0.588. The summed E-state index contributed by atoms with van der Waals surface area (Å²) in [6.45, 7) is 5.75. The summed E-state index contributed by atoms with van der Waals surface area (Å²) in [7, 11) is 0. The van der Waals surface area contributed by atoms with Crippen LogP contribution in [0.2, 0.25) is 0 Å². The van der Waals surface area contributed by atoms with E-state index in [1.54, 1.807) is 0 Å². The highest BCUT2D eigenvalue weighted by atomic mass is 16.3. The summed E-state index contributed by atoms with van der Waals surface area (Å²) in [5.41, 5.74) is 0.341. The molecule has 1 aromatic carbocycles. The molecule has 2 rings (SSSR count). The van der Waals surface area contributed by atoms with Crippen LogP contribution in [0.25, 0.3) is 0 Å². The summed E-state index contributed by atoms with van der Waals surface area (Å²) in [5.74, 6) is 0.0240. The van der Waals surface area contributed by atoms with Crippen molar-refractivity contribution in [1.29, 1.82) is 0 Å². The lowest BCUT2D eigenvalue weighted by Crippen LogP contribution is -2.49. The highest BCUT2D eigenvalue weighted by Crippen LogP contribution is 2.25. The number of hydrogen-bond acceptors (Lipinski definition) is 3. The molecule has 21 heavy (non-hydrogen) atoms. The molecule has 1 aliphatic heterocycles. The molecular formula is C17H26N2O2. The van der Waals surface area contributed by atoms with Gasteiger partial charge in [0.05, 0.1) is 12.0 Å². The highest BCUT2D eigenvalue weighted by Gasteiger charge is 2.33. The third kappa shape index (κ3) is 4.29. The van der Waals surface area contributed by atoms with Crippen LogP contribution in [0.1, 0.15) is 33.1 Å². The van der Waals surface area contributed by atoms with E-state index in [-0.39, 0.29) is 18.6 Å². The van der Waals surface area contributed by atoms with E-state index in [1.165, 1.54) is 6.42 Å². The number of aliphatic hydroxyl groups is 1. The van der Waals surface area contributed by atoms with Gasteiger partial charge in [-0.2, -0.15) is 0 Å². The molecule has 0 aromatic heterocycles. The van der Waals surface area contributed by atoms with E-state index in [0.717, 1.165) is 25.1 Å². The monoisotopic (exact) mass is 290 g/mol. The zero-order valence-electron chi connectivity index (χ0n) is 13.0. The molecule has 1 aliphatic rings. The molecule has 0 aliphatic carbocycles. The number of nitrogens with zero attached hydrogens (tertiary/aromatic N) is 1. The number of piperidine rings is 1. The summed E-state index contributed by atoms with van der Waals surface area (Å²) in [6, 6.07) is 9.74. The van der Waals surface area contributed by atoms with Crippen molar-refractivity contribution in [3.8, 4) is 0 Å². The average molecular weight is 290 g/mol. The van der Waals surface area contributed by atoms with Crippen LogP contribution < -0.4 is 5.32 Å². The fourth-order valence-corrected chi connectivity index (χ4v) is 2.88. The van der Waals surface area contributed by atoms with Crippen LogP contribution in [-0.4, -0.2) is 41.7 Å². The zero-order valence-corrected chi connectivity index (χ0v) is 13.0. The molecule has 1 amide bonds. The first-order valence-electron chi connectivity index (χ1n) is 7.74. The van der Waals surface area contributed by atoms with Crippen LogP contribution in [0.3, 0.4) is 0 Å². The molecule has 1 unspecified atom stereocenters. The number of carbonyl (C=O) groups is 1. The molecule has 116 valence electrons. The lowest BCUT2D eigenvalue weighted by Gasteiger charge is -2.39. The number of amides is 1. The van der Waals surface area contributed by atoms with Gasteiger partial charge in [-0.3, -0.25) is 9.69 Å². The number of rotatable bonds is 5. The van der Waals surface area contributed by atoms with Gasteiger partial charge in [-0.25, -0.2) is 0 Å². The SMILES string of the molecule is CC(C)(CN1CCCCC1CO)C(=O)Nc1ccccc1. The van der Waals surface area contributed by atoms with Gasteiger partial charge in [-0.1, -0.05) is 24.6 Å². The van der Waals surface area contributed by atoms with Crippen molar-refractivity contribution < 1.29 is 9.90 Å². The number of likely N-dealkylation sites (tertiary alicyclic amines) is 1. The van der Waals surface area contributed by atoms with E-state index in [1.807, 2.05) is 44.2 Å². The highest BCUT2D eigenvalue weighted by molar-refractivity contribution is 5.94. The zero-order chi connectivity index (χ0) is 15.3. The first-order chi connectivity index (χ1) is 10.0. The Bertz CT molecular complexity index is 459. The Morgan fingerprint density at radius 1 is 1.33 bits per heavy atom. The number of aliphatic hydroxyl groups excluding tert-OH is 1. The van der Waals surface area contributed by atoms with Crippen LogP contribution in [-0.2, 0) is 4.79 Å². The lowest BCUT2D eigenvalue weighted by molar-refractivity contribution is -0.125. The van der Waals surface area contributed by atoms with Crippen molar-refractivity contribution in [3.05, 3.63) is 30.3 Å². The summed E-state index contributed by atoms with van der Waals surface area (Å²) in [4.78, 5) is 14.8. The number of hydrogen-bond donors (Lipinski definition) is 2. The van der Waals surface area contributed by atoms with Crippen molar-refractivity contribution in [2.24, 2.45) is 5.41 Å². The Balaban J connectivity index is 1.98. The molecule has 2 N–H and O–H groups in total. The van der Waals surface area contributed by atoms with Crippen LogP contribution in [0, 0.1) is 5.41 Å². The summed E-state index contributed by atoms with van der Waals surface area (Å²) >= 11 is 0.